The van der Waals surface area contributed by atoms with Gasteiger partial charge in [0, 0.05) is 24.9 Å². The Balaban J connectivity index is 1.93. The minimum atomic E-state index is 0.904. The minimum absolute atomic E-state index is 0.904. The third-order valence-electron chi connectivity index (χ3n) is 4.45. The van der Waals surface area contributed by atoms with E-state index >= 15 is 0 Å². The van der Waals surface area contributed by atoms with Crippen LogP contribution in [0.4, 0.5) is 0 Å². The van der Waals surface area contributed by atoms with E-state index in [0.29, 0.717) is 0 Å². The number of nitrogens with zero attached hydrogens (tertiary/aromatic N) is 2. The van der Waals surface area contributed by atoms with Crippen LogP contribution in [0.3, 0.4) is 0 Å². The van der Waals surface area contributed by atoms with E-state index < -0.39 is 0 Å². The number of fused-ring (bicyclic) bond motifs is 1. The standard InChI is InChI=1S/C19H25N2OS/c1-5-20-10-11-23-19(20)9-7-8-18-21(6-2)16-12-14(3)15(4)13-17(16)22-18/h7-9,12-13H,5-6,10-11H2,1-4H3/q+1. The quantitative estimate of drug-likeness (QED) is 0.781. The molecule has 0 aliphatic carbocycles. The van der Waals surface area contributed by atoms with Crippen LogP contribution in [-0.2, 0) is 6.54 Å². The van der Waals surface area contributed by atoms with E-state index in [9.17, 15) is 0 Å². The van der Waals surface area contributed by atoms with Gasteiger partial charge < -0.3 is 9.32 Å². The molecular formula is C19H25N2OS+. The van der Waals surface area contributed by atoms with Crippen molar-refractivity contribution >= 4 is 28.9 Å². The summed E-state index contributed by atoms with van der Waals surface area (Å²) in [6.45, 7) is 11.8. The zero-order chi connectivity index (χ0) is 16.4. The molecule has 23 heavy (non-hydrogen) atoms. The van der Waals surface area contributed by atoms with E-state index in [0.717, 1.165) is 31.1 Å². The number of thioether (sulfide) groups is 1. The van der Waals surface area contributed by atoms with Gasteiger partial charge in [-0.15, -0.1) is 11.8 Å². The molecule has 0 bridgehead atoms. The Bertz CT molecular complexity index is 773. The molecule has 1 aliphatic heterocycles. The molecule has 2 heterocycles. The van der Waals surface area contributed by atoms with Crippen molar-refractivity contribution in [2.24, 2.45) is 0 Å². The number of allylic oxidation sites excluding steroid dienone is 2. The fourth-order valence-corrected chi connectivity index (χ4v) is 4.04. The molecular weight excluding hydrogens is 304 g/mol. The lowest BCUT2D eigenvalue weighted by atomic mass is 10.1. The Labute approximate surface area is 142 Å². The molecule has 0 N–H and O–H groups in total. The van der Waals surface area contributed by atoms with Gasteiger partial charge in [-0.1, -0.05) is 0 Å². The van der Waals surface area contributed by atoms with E-state index in [1.807, 2.05) is 11.8 Å². The number of aromatic nitrogens is 1. The molecule has 122 valence electrons. The summed E-state index contributed by atoms with van der Waals surface area (Å²) in [6.07, 6.45) is 6.39. The van der Waals surface area contributed by atoms with Gasteiger partial charge in [0.05, 0.1) is 11.1 Å². The minimum Gasteiger partial charge on any atom is -0.398 e. The first-order valence-electron chi connectivity index (χ1n) is 8.33. The molecule has 1 aromatic carbocycles. The molecule has 0 atom stereocenters. The van der Waals surface area contributed by atoms with E-state index in [-0.39, 0.29) is 0 Å². The smallest absolute Gasteiger partial charge is 0.374 e. The van der Waals surface area contributed by atoms with Gasteiger partial charge in [0.15, 0.2) is 0 Å². The molecule has 0 spiro atoms. The molecule has 3 nitrogen and oxygen atoms in total. The Morgan fingerprint density at radius 2 is 2.04 bits per heavy atom. The fourth-order valence-electron chi connectivity index (χ4n) is 2.95. The van der Waals surface area contributed by atoms with Crippen molar-refractivity contribution < 1.29 is 8.98 Å². The van der Waals surface area contributed by atoms with Gasteiger partial charge in [-0.2, -0.15) is 4.57 Å². The van der Waals surface area contributed by atoms with Crippen LogP contribution in [0.1, 0.15) is 30.9 Å². The maximum atomic E-state index is 6.07. The van der Waals surface area contributed by atoms with Crippen molar-refractivity contribution in [3.63, 3.8) is 0 Å². The van der Waals surface area contributed by atoms with Crippen molar-refractivity contribution in [3.8, 4) is 0 Å². The molecule has 1 aliphatic rings. The highest BCUT2D eigenvalue weighted by atomic mass is 32.2. The van der Waals surface area contributed by atoms with Gasteiger partial charge in [-0.25, -0.2) is 0 Å². The summed E-state index contributed by atoms with van der Waals surface area (Å²) in [5.41, 5.74) is 4.72. The Morgan fingerprint density at radius 1 is 1.26 bits per heavy atom. The third-order valence-corrected chi connectivity index (χ3v) is 5.52. The largest absolute Gasteiger partial charge is 0.398 e. The maximum absolute atomic E-state index is 6.07. The molecule has 3 rings (SSSR count). The van der Waals surface area contributed by atoms with E-state index in [1.165, 1.54) is 27.4 Å². The summed E-state index contributed by atoms with van der Waals surface area (Å²) in [6, 6.07) is 4.36. The summed E-state index contributed by atoms with van der Waals surface area (Å²) >= 11 is 1.93. The topological polar surface area (TPSA) is 20.3 Å². The Morgan fingerprint density at radius 3 is 2.78 bits per heavy atom. The first-order valence-corrected chi connectivity index (χ1v) is 9.32. The first-order chi connectivity index (χ1) is 11.1. The summed E-state index contributed by atoms with van der Waals surface area (Å²) in [4.78, 5) is 2.41. The molecule has 1 fully saturated rings. The molecule has 1 saturated heterocycles. The molecule has 0 unspecified atom stereocenters. The predicted molar refractivity (Wildman–Crippen MR) is 98.4 cm³/mol. The van der Waals surface area contributed by atoms with Crippen molar-refractivity contribution in [2.45, 2.75) is 34.2 Å². The van der Waals surface area contributed by atoms with Crippen molar-refractivity contribution in [1.82, 2.24) is 4.90 Å². The summed E-state index contributed by atoms with van der Waals surface area (Å²) in [5.74, 6) is 2.10. The van der Waals surface area contributed by atoms with Crippen LogP contribution < -0.4 is 4.57 Å². The molecule has 1 aromatic heterocycles. The molecule has 0 radical (unpaired) electrons. The number of rotatable bonds is 4. The maximum Gasteiger partial charge on any atom is 0.374 e. The van der Waals surface area contributed by atoms with Crippen LogP contribution in [0.25, 0.3) is 17.2 Å². The van der Waals surface area contributed by atoms with Crippen LogP contribution in [0, 0.1) is 13.8 Å². The number of hydrogen-bond donors (Lipinski definition) is 0. The number of benzene rings is 1. The second kappa shape index (κ2) is 6.83. The van der Waals surface area contributed by atoms with Crippen molar-refractivity contribution in [3.05, 3.63) is 46.3 Å². The molecule has 2 aromatic rings. The lowest BCUT2D eigenvalue weighted by molar-refractivity contribution is -0.674. The van der Waals surface area contributed by atoms with E-state index in [1.54, 1.807) is 0 Å². The number of oxazole rings is 1. The highest BCUT2D eigenvalue weighted by molar-refractivity contribution is 8.03. The second-order valence-corrected chi connectivity index (χ2v) is 7.00. The molecule has 4 heteroatoms. The van der Waals surface area contributed by atoms with Gasteiger partial charge in [-0.3, -0.25) is 0 Å². The van der Waals surface area contributed by atoms with Crippen LogP contribution in [0.5, 0.6) is 0 Å². The number of aryl methyl sites for hydroxylation is 3. The summed E-state index contributed by atoms with van der Waals surface area (Å²) < 4.78 is 8.30. The lowest BCUT2D eigenvalue weighted by Gasteiger charge is -2.14. The van der Waals surface area contributed by atoms with Crippen LogP contribution >= 0.6 is 11.8 Å². The van der Waals surface area contributed by atoms with Gasteiger partial charge in [0.1, 0.15) is 6.54 Å². The summed E-state index contributed by atoms with van der Waals surface area (Å²) in [5, 5.41) is 1.36. The Kier molecular flexibility index (Phi) is 4.81. The van der Waals surface area contributed by atoms with Crippen LogP contribution in [0.15, 0.2) is 33.7 Å². The molecule has 0 amide bonds. The van der Waals surface area contributed by atoms with Crippen LogP contribution in [0.2, 0.25) is 0 Å². The van der Waals surface area contributed by atoms with E-state index in [4.69, 9.17) is 4.42 Å². The lowest BCUT2D eigenvalue weighted by Crippen LogP contribution is -2.33. The Hall–Kier alpha value is -1.68. The zero-order valence-electron chi connectivity index (χ0n) is 14.4. The highest BCUT2D eigenvalue weighted by Crippen LogP contribution is 2.27. The van der Waals surface area contributed by atoms with Gasteiger partial charge in [0.2, 0.25) is 5.58 Å². The average Bonchev–Trinajstić information content (AvgIpc) is 3.12. The highest BCUT2D eigenvalue weighted by Gasteiger charge is 2.20. The molecule has 0 saturated carbocycles. The zero-order valence-corrected chi connectivity index (χ0v) is 15.2. The van der Waals surface area contributed by atoms with E-state index in [2.05, 4.69) is 67.5 Å². The first kappa shape index (κ1) is 16.2. The van der Waals surface area contributed by atoms with Gasteiger partial charge >= 0.3 is 5.89 Å². The monoisotopic (exact) mass is 329 g/mol. The summed E-state index contributed by atoms with van der Waals surface area (Å²) in [7, 11) is 0. The van der Waals surface area contributed by atoms with Crippen molar-refractivity contribution in [1.29, 1.82) is 0 Å². The fraction of sp³-hybridized carbons (Fsp3) is 0.421. The normalized spacial score (nSPS) is 17.2. The second-order valence-electron chi connectivity index (χ2n) is 5.88. The van der Waals surface area contributed by atoms with Gasteiger partial charge in [-0.05, 0) is 57.0 Å². The SMILES string of the molecule is CCN1CCS/C1=C/C=C/c1oc2cc(C)c(C)cc2[n+]1CC. The van der Waals surface area contributed by atoms with Crippen LogP contribution in [-0.4, -0.2) is 23.7 Å². The number of hydrogen-bond acceptors (Lipinski definition) is 3. The predicted octanol–water partition coefficient (Wildman–Crippen LogP) is 4.28. The average molecular weight is 329 g/mol. The third kappa shape index (κ3) is 3.18. The van der Waals surface area contributed by atoms with Gasteiger partial charge in [0.25, 0.3) is 5.52 Å². The van der Waals surface area contributed by atoms with Crippen molar-refractivity contribution in [2.75, 3.05) is 18.8 Å².